The molecule has 0 bridgehead atoms. The Morgan fingerprint density at radius 2 is 1.71 bits per heavy atom. The van der Waals surface area contributed by atoms with E-state index in [0.717, 1.165) is 25.9 Å². The second-order valence-electron chi connectivity index (χ2n) is 8.80. The minimum absolute atomic E-state index is 0.0134. The third-order valence-corrected chi connectivity index (χ3v) is 6.56. The third-order valence-electron chi connectivity index (χ3n) is 6.56. The van der Waals surface area contributed by atoms with Crippen LogP contribution in [0.5, 0.6) is 0 Å². The number of carbonyl (C=O) groups is 3. The average Bonchev–Trinajstić information content (AvgIpc) is 3.42. The van der Waals surface area contributed by atoms with Crippen LogP contribution in [-0.2, 0) is 16.6 Å². The molecule has 1 aromatic rings. The van der Waals surface area contributed by atoms with Crippen molar-refractivity contribution in [3.05, 3.63) is 18.2 Å². The van der Waals surface area contributed by atoms with Gasteiger partial charge in [0.15, 0.2) is 0 Å². The molecule has 0 aliphatic carbocycles. The number of hydrogen-bond acceptors (Lipinski definition) is 4. The molecule has 3 saturated heterocycles. The zero-order valence-electron chi connectivity index (χ0n) is 16.9. The first kappa shape index (κ1) is 19.0. The van der Waals surface area contributed by atoms with Gasteiger partial charge < -0.3 is 19.3 Å². The van der Waals surface area contributed by atoms with Crippen LogP contribution < -0.4 is 0 Å². The fourth-order valence-electron chi connectivity index (χ4n) is 5.02. The van der Waals surface area contributed by atoms with Crippen molar-refractivity contribution >= 4 is 17.7 Å². The van der Waals surface area contributed by atoms with Crippen molar-refractivity contribution in [2.45, 2.75) is 26.7 Å². The first-order chi connectivity index (χ1) is 13.3. The maximum atomic E-state index is 13.5. The standard InChI is InChI=1S/C20H29N5O3/c1-14(2)17(26)24-9-15-10-25(18(27)16-8-21-13-22(16)3)12-20(15,11-24)19(28)23-6-4-5-7-23/h8,13-15H,4-7,9-12H2,1-3H3/t15-,20-/m0/s1. The monoisotopic (exact) mass is 387 g/mol. The van der Waals surface area contributed by atoms with Crippen molar-refractivity contribution in [1.29, 1.82) is 0 Å². The molecule has 3 aliphatic rings. The third kappa shape index (κ3) is 2.89. The van der Waals surface area contributed by atoms with Gasteiger partial charge in [-0.3, -0.25) is 14.4 Å². The summed E-state index contributed by atoms with van der Waals surface area (Å²) in [6.45, 7) is 7.19. The summed E-state index contributed by atoms with van der Waals surface area (Å²) in [5.74, 6) is 0.0111. The molecule has 0 unspecified atom stereocenters. The topological polar surface area (TPSA) is 78.8 Å². The predicted molar refractivity (Wildman–Crippen MR) is 102 cm³/mol. The Bertz CT molecular complexity index is 798. The summed E-state index contributed by atoms with van der Waals surface area (Å²) in [4.78, 5) is 48.8. The number of imidazole rings is 1. The van der Waals surface area contributed by atoms with Crippen LogP contribution in [0.4, 0.5) is 0 Å². The van der Waals surface area contributed by atoms with Gasteiger partial charge in [0, 0.05) is 58.2 Å². The van der Waals surface area contributed by atoms with Crippen LogP contribution >= 0.6 is 0 Å². The van der Waals surface area contributed by atoms with Crippen LogP contribution in [-0.4, -0.2) is 81.2 Å². The van der Waals surface area contributed by atoms with Crippen molar-refractivity contribution in [2.24, 2.45) is 24.3 Å². The summed E-state index contributed by atoms with van der Waals surface area (Å²) in [6, 6.07) is 0. The van der Waals surface area contributed by atoms with Crippen molar-refractivity contribution in [2.75, 3.05) is 39.3 Å². The molecular formula is C20H29N5O3. The second-order valence-corrected chi connectivity index (χ2v) is 8.80. The van der Waals surface area contributed by atoms with E-state index in [9.17, 15) is 14.4 Å². The summed E-state index contributed by atoms with van der Waals surface area (Å²) in [5.41, 5.74) is -0.151. The van der Waals surface area contributed by atoms with E-state index in [0.29, 0.717) is 31.9 Å². The van der Waals surface area contributed by atoms with Gasteiger partial charge in [-0.15, -0.1) is 0 Å². The Kier molecular flexibility index (Phi) is 4.67. The molecule has 3 amide bonds. The van der Waals surface area contributed by atoms with Crippen LogP contribution in [0.1, 0.15) is 37.2 Å². The molecule has 0 aromatic carbocycles. The first-order valence-corrected chi connectivity index (χ1v) is 10.2. The highest BCUT2D eigenvalue weighted by atomic mass is 16.2. The largest absolute Gasteiger partial charge is 0.342 e. The Balaban J connectivity index is 1.61. The summed E-state index contributed by atoms with van der Waals surface area (Å²) in [5, 5.41) is 0. The quantitative estimate of drug-likeness (QED) is 0.761. The highest BCUT2D eigenvalue weighted by Crippen LogP contribution is 2.45. The maximum absolute atomic E-state index is 13.5. The molecule has 0 N–H and O–H groups in total. The molecule has 28 heavy (non-hydrogen) atoms. The number of aryl methyl sites for hydroxylation is 1. The lowest BCUT2D eigenvalue weighted by atomic mass is 9.79. The second kappa shape index (κ2) is 6.90. The molecule has 152 valence electrons. The SMILES string of the molecule is CC(C)C(=O)N1C[C@H]2CN(C(=O)c3cncn3C)C[C@@]2(C(=O)N2CCCC2)C1. The zero-order valence-corrected chi connectivity index (χ0v) is 16.9. The Hall–Kier alpha value is -2.38. The van der Waals surface area contributed by atoms with Gasteiger partial charge in [-0.25, -0.2) is 4.98 Å². The van der Waals surface area contributed by atoms with E-state index in [2.05, 4.69) is 4.98 Å². The number of aromatic nitrogens is 2. The van der Waals surface area contributed by atoms with Crippen LogP contribution in [0.15, 0.2) is 12.5 Å². The van der Waals surface area contributed by atoms with E-state index in [1.54, 1.807) is 29.0 Å². The number of likely N-dealkylation sites (tertiary alicyclic amines) is 3. The summed E-state index contributed by atoms with van der Waals surface area (Å²) in [6.07, 6.45) is 5.23. The van der Waals surface area contributed by atoms with E-state index in [1.165, 1.54) is 0 Å². The van der Waals surface area contributed by atoms with Crippen molar-refractivity contribution in [3.63, 3.8) is 0 Å². The Morgan fingerprint density at radius 3 is 2.32 bits per heavy atom. The smallest absolute Gasteiger partial charge is 0.272 e. The van der Waals surface area contributed by atoms with Crippen LogP contribution in [0.2, 0.25) is 0 Å². The Labute approximate surface area is 165 Å². The van der Waals surface area contributed by atoms with Gasteiger partial charge in [-0.05, 0) is 12.8 Å². The lowest BCUT2D eigenvalue weighted by molar-refractivity contribution is -0.141. The van der Waals surface area contributed by atoms with E-state index in [4.69, 9.17) is 0 Å². The Morgan fingerprint density at radius 1 is 1.07 bits per heavy atom. The predicted octanol–water partition coefficient (Wildman–Crippen LogP) is 0.599. The van der Waals surface area contributed by atoms with E-state index in [-0.39, 0.29) is 29.6 Å². The summed E-state index contributed by atoms with van der Waals surface area (Å²) >= 11 is 0. The highest BCUT2D eigenvalue weighted by molar-refractivity contribution is 5.94. The minimum Gasteiger partial charge on any atom is -0.342 e. The highest BCUT2D eigenvalue weighted by Gasteiger charge is 2.60. The number of rotatable bonds is 3. The van der Waals surface area contributed by atoms with E-state index < -0.39 is 5.41 Å². The van der Waals surface area contributed by atoms with Gasteiger partial charge in [0.05, 0.1) is 17.9 Å². The summed E-state index contributed by atoms with van der Waals surface area (Å²) in [7, 11) is 1.80. The molecule has 8 nitrogen and oxygen atoms in total. The fourth-order valence-corrected chi connectivity index (χ4v) is 5.02. The molecule has 8 heteroatoms. The number of amides is 3. The minimum atomic E-state index is -0.677. The number of nitrogens with zero attached hydrogens (tertiary/aromatic N) is 5. The van der Waals surface area contributed by atoms with Gasteiger partial charge >= 0.3 is 0 Å². The number of carbonyl (C=O) groups excluding carboxylic acids is 3. The molecule has 0 radical (unpaired) electrons. The lowest BCUT2D eigenvalue weighted by Crippen LogP contribution is -2.49. The normalized spacial score (nSPS) is 27.0. The molecule has 0 saturated carbocycles. The van der Waals surface area contributed by atoms with Crippen LogP contribution in [0.25, 0.3) is 0 Å². The molecule has 1 aromatic heterocycles. The lowest BCUT2D eigenvalue weighted by Gasteiger charge is -2.32. The van der Waals surface area contributed by atoms with Crippen LogP contribution in [0, 0.1) is 17.3 Å². The fraction of sp³-hybridized carbons (Fsp3) is 0.700. The number of fused-ring (bicyclic) bond motifs is 1. The zero-order chi connectivity index (χ0) is 20.1. The molecule has 0 spiro atoms. The van der Waals surface area contributed by atoms with Gasteiger partial charge in [0.2, 0.25) is 11.8 Å². The van der Waals surface area contributed by atoms with Crippen molar-refractivity contribution in [1.82, 2.24) is 24.3 Å². The van der Waals surface area contributed by atoms with E-state index in [1.807, 2.05) is 23.6 Å². The van der Waals surface area contributed by atoms with Gasteiger partial charge in [0.25, 0.3) is 5.91 Å². The van der Waals surface area contributed by atoms with Gasteiger partial charge in [0.1, 0.15) is 5.69 Å². The maximum Gasteiger partial charge on any atom is 0.272 e. The van der Waals surface area contributed by atoms with E-state index >= 15 is 0 Å². The molecule has 3 aliphatic heterocycles. The first-order valence-electron chi connectivity index (χ1n) is 10.2. The summed E-state index contributed by atoms with van der Waals surface area (Å²) < 4.78 is 1.71. The average molecular weight is 387 g/mol. The van der Waals surface area contributed by atoms with Gasteiger partial charge in [-0.1, -0.05) is 13.8 Å². The molecule has 3 fully saturated rings. The molecular weight excluding hydrogens is 358 g/mol. The van der Waals surface area contributed by atoms with Gasteiger partial charge in [-0.2, -0.15) is 0 Å². The van der Waals surface area contributed by atoms with Crippen molar-refractivity contribution in [3.8, 4) is 0 Å². The molecule has 4 heterocycles. The van der Waals surface area contributed by atoms with Crippen LogP contribution in [0.3, 0.4) is 0 Å². The number of hydrogen-bond donors (Lipinski definition) is 0. The van der Waals surface area contributed by atoms with Crippen molar-refractivity contribution < 1.29 is 14.4 Å². The molecule has 2 atom stereocenters. The molecule has 4 rings (SSSR count).